The summed E-state index contributed by atoms with van der Waals surface area (Å²) >= 11 is 0. The molecule has 0 saturated carbocycles. The van der Waals surface area contributed by atoms with Gasteiger partial charge in [-0.25, -0.2) is 0 Å². The summed E-state index contributed by atoms with van der Waals surface area (Å²) in [5, 5.41) is 19.7. The second-order valence-electron chi connectivity index (χ2n) is 5.62. The molecule has 0 aromatic heterocycles. The SMILES string of the molecule is CC(=O)N/C(O)=C/C(=N)C(C)(C)COC1CCCCO1. The summed E-state index contributed by atoms with van der Waals surface area (Å²) in [6.45, 7) is 6.01. The van der Waals surface area contributed by atoms with E-state index >= 15 is 0 Å². The maximum absolute atomic E-state index is 10.8. The topological polar surface area (TPSA) is 91.6 Å². The fourth-order valence-electron chi connectivity index (χ4n) is 1.77. The third-order valence-corrected chi connectivity index (χ3v) is 3.08. The summed E-state index contributed by atoms with van der Waals surface area (Å²) in [6, 6.07) is 0. The molecule has 1 saturated heterocycles. The Morgan fingerprint density at radius 3 is 2.80 bits per heavy atom. The molecule has 6 heteroatoms. The molecular weight excluding hydrogens is 260 g/mol. The van der Waals surface area contributed by atoms with E-state index in [2.05, 4.69) is 5.32 Å². The Morgan fingerprint density at radius 1 is 1.55 bits per heavy atom. The van der Waals surface area contributed by atoms with Gasteiger partial charge in [0.1, 0.15) is 0 Å². The monoisotopic (exact) mass is 284 g/mol. The Labute approximate surface area is 119 Å². The van der Waals surface area contributed by atoms with Crippen LogP contribution >= 0.6 is 0 Å². The van der Waals surface area contributed by atoms with Gasteiger partial charge in [0.2, 0.25) is 5.91 Å². The molecule has 20 heavy (non-hydrogen) atoms. The molecular formula is C14H24N2O4. The smallest absolute Gasteiger partial charge is 0.223 e. The first-order valence-electron chi connectivity index (χ1n) is 6.82. The fraction of sp³-hybridized carbons (Fsp3) is 0.714. The van der Waals surface area contributed by atoms with Crippen LogP contribution in [0.3, 0.4) is 0 Å². The number of allylic oxidation sites excluding steroid dienone is 1. The number of aliphatic hydroxyl groups excluding tert-OH is 1. The molecule has 0 bridgehead atoms. The predicted molar refractivity (Wildman–Crippen MR) is 75.6 cm³/mol. The van der Waals surface area contributed by atoms with E-state index in [1.165, 1.54) is 13.0 Å². The van der Waals surface area contributed by atoms with Crippen molar-refractivity contribution in [2.45, 2.75) is 46.3 Å². The predicted octanol–water partition coefficient (Wildman–Crippen LogP) is 2.11. The summed E-state index contributed by atoms with van der Waals surface area (Å²) < 4.78 is 11.1. The first-order valence-corrected chi connectivity index (χ1v) is 6.82. The van der Waals surface area contributed by atoms with Gasteiger partial charge in [-0.3, -0.25) is 10.1 Å². The van der Waals surface area contributed by atoms with Gasteiger partial charge in [-0.2, -0.15) is 0 Å². The number of carbonyl (C=O) groups excluding carboxylic acids is 1. The number of nitrogens with one attached hydrogen (secondary N) is 2. The molecule has 1 rings (SSSR count). The Hall–Kier alpha value is -1.40. The zero-order chi connectivity index (χ0) is 15.2. The van der Waals surface area contributed by atoms with Gasteiger partial charge in [0.15, 0.2) is 12.2 Å². The van der Waals surface area contributed by atoms with E-state index in [9.17, 15) is 9.90 Å². The summed E-state index contributed by atoms with van der Waals surface area (Å²) in [6.07, 6.45) is 4.05. The molecule has 1 unspecified atom stereocenters. The molecule has 0 radical (unpaired) electrons. The van der Waals surface area contributed by atoms with E-state index in [4.69, 9.17) is 14.9 Å². The Balaban J connectivity index is 2.49. The van der Waals surface area contributed by atoms with Gasteiger partial charge in [-0.1, -0.05) is 13.8 Å². The lowest BCUT2D eigenvalue weighted by Gasteiger charge is -2.29. The van der Waals surface area contributed by atoms with E-state index < -0.39 is 5.41 Å². The minimum Gasteiger partial charge on any atom is -0.494 e. The normalized spacial score (nSPS) is 20.6. The van der Waals surface area contributed by atoms with Gasteiger partial charge < -0.3 is 20.0 Å². The highest BCUT2D eigenvalue weighted by molar-refractivity contribution is 5.97. The zero-order valence-electron chi connectivity index (χ0n) is 12.4. The standard InChI is InChI=1S/C14H24N2O4/c1-10(17)16-12(18)8-11(15)14(2,3)9-20-13-6-4-5-7-19-13/h8,13,15,18H,4-7,9H2,1-3H3,(H,16,17)/b12-8-,15-11?. The highest BCUT2D eigenvalue weighted by Gasteiger charge is 2.26. The van der Waals surface area contributed by atoms with Gasteiger partial charge in [0.25, 0.3) is 0 Å². The van der Waals surface area contributed by atoms with E-state index in [-0.39, 0.29) is 23.8 Å². The van der Waals surface area contributed by atoms with Gasteiger partial charge in [-0.05, 0) is 19.3 Å². The van der Waals surface area contributed by atoms with Crippen LogP contribution in [-0.4, -0.2) is 36.2 Å². The minimum absolute atomic E-state index is 0.180. The van der Waals surface area contributed by atoms with Crippen LogP contribution in [0.2, 0.25) is 0 Å². The number of hydrogen-bond donors (Lipinski definition) is 3. The molecule has 1 aliphatic rings. The molecule has 1 aliphatic heterocycles. The van der Waals surface area contributed by atoms with Crippen molar-refractivity contribution in [2.24, 2.45) is 5.41 Å². The highest BCUT2D eigenvalue weighted by atomic mass is 16.7. The number of ether oxygens (including phenoxy) is 2. The number of rotatable bonds is 6. The number of amides is 1. The molecule has 3 N–H and O–H groups in total. The molecule has 1 fully saturated rings. The third kappa shape index (κ3) is 5.71. The van der Waals surface area contributed by atoms with Crippen molar-refractivity contribution in [3.05, 3.63) is 12.0 Å². The molecule has 0 aliphatic carbocycles. The lowest BCUT2D eigenvalue weighted by atomic mass is 9.88. The van der Waals surface area contributed by atoms with Gasteiger partial charge in [-0.15, -0.1) is 0 Å². The van der Waals surface area contributed by atoms with Crippen LogP contribution in [0, 0.1) is 10.8 Å². The fourth-order valence-corrected chi connectivity index (χ4v) is 1.77. The van der Waals surface area contributed by atoms with E-state index in [1.807, 2.05) is 13.8 Å². The molecule has 0 aromatic rings. The van der Waals surface area contributed by atoms with Gasteiger partial charge in [0.05, 0.1) is 6.61 Å². The van der Waals surface area contributed by atoms with E-state index in [0.29, 0.717) is 13.2 Å². The van der Waals surface area contributed by atoms with Crippen molar-refractivity contribution in [3.8, 4) is 0 Å². The van der Waals surface area contributed by atoms with Crippen molar-refractivity contribution in [1.82, 2.24) is 5.32 Å². The van der Waals surface area contributed by atoms with Crippen LogP contribution in [0.5, 0.6) is 0 Å². The van der Waals surface area contributed by atoms with Crippen LogP contribution in [0.15, 0.2) is 12.0 Å². The number of aliphatic hydroxyl groups is 1. The summed E-state index contributed by atoms with van der Waals surface area (Å²) in [7, 11) is 0. The number of carbonyl (C=O) groups is 1. The van der Waals surface area contributed by atoms with Crippen molar-refractivity contribution in [2.75, 3.05) is 13.2 Å². The second-order valence-corrected chi connectivity index (χ2v) is 5.62. The minimum atomic E-state index is -0.576. The first-order chi connectivity index (χ1) is 9.31. The maximum Gasteiger partial charge on any atom is 0.223 e. The lowest BCUT2D eigenvalue weighted by molar-refractivity contribution is -0.171. The van der Waals surface area contributed by atoms with Crippen molar-refractivity contribution < 1.29 is 19.4 Å². The van der Waals surface area contributed by atoms with Gasteiger partial charge in [0, 0.05) is 30.7 Å². The Bertz CT molecular complexity index is 385. The molecule has 6 nitrogen and oxygen atoms in total. The van der Waals surface area contributed by atoms with Crippen LogP contribution in [0.1, 0.15) is 40.0 Å². The van der Waals surface area contributed by atoms with Crippen LogP contribution in [0.4, 0.5) is 0 Å². The van der Waals surface area contributed by atoms with Crippen LogP contribution < -0.4 is 5.32 Å². The number of hydrogen-bond acceptors (Lipinski definition) is 5. The average Bonchev–Trinajstić information content (AvgIpc) is 2.36. The summed E-state index contributed by atoms with van der Waals surface area (Å²) in [5.41, 5.74) is -0.396. The van der Waals surface area contributed by atoms with Crippen molar-refractivity contribution >= 4 is 11.6 Å². The van der Waals surface area contributed by atoms with E-state index in [1.54, 1.807) is 0 Å². The summed E-state index contributed by atoms with van der Waals surface area (Å²) in [4.78, 5) is 10.8. The average molecular weight is 284 g/mol. The van der Waals surface area contributed by atoms with Crippen LogP contribution in [0.25, 0.3) is 0 Å². The zero-order valence-corrected chi connectivity index (χ0v) is 12.4. The molecule has 0 aromatic carbocycles. The van der Waals surface area contributed by atoms with Crippen molar-refractivity contribution in [1.29, 1.82) is 5.41 Å². The quantitative estimate of drug-likeness (QED) is 0.514. The highest BCUT2D eigenvalue weighted by Crippen LogP contribution is 2.22. The molecule has 1 atom stereocenters. The van der Waals surface area contributed by atoms with Crippen LogP contribution in [-0.2, 0) is 14.3 Å². The molecule has 1 heterocycles. The Morgan fingerprint density at radius 2 is 2.25 bits per heavy atom. The largest absolute Gasteiger partial charge is 0.494 e. The van der Waals surface area contributed by atoms with Crippen molar-refractivity contribution in [3.63, 3.8) is 0 Å². The first kappa shape index (κ1) is 16.7. The molecule has 0 spiro atoms. The Kier molecular flexibility index (Phi) is 6.16. The molecule has 114 valence electrons. The second kappa shape index (κ2) is 7.40. The van der Waals surface area contributed by atoms with E-state index in [0.717, 1.165) is 19.3 Å². The van der Waals surface area contributed by atoms with Gasteiger partial charge >= 0.3 is 0 Å². The molecule has 1 amide bonds. The summed E-state index contributed by atoms with van der Waals surface area (Å²) in [5.74, 6) is -0.708. The maximum atomic E-state index is 10.8. The lowest BCUT2D eigenvalue weighted by Crippen LogP contribution is -2.33. The third-order valence-electron chi connectivity index (χ3n) is 3.08.